The van der Waals surface area contributed by atoms with Gasteiger partial charge in [-0.25, -0.2) is 15.0 Å². The van der Waals surface area contributed by atoms with Gasteiger partial charge in [-0.05, 0) is 38.1 Å². The number of H-pyrrole nitrogens is 1. The lowest BCUT2D eigenvalue weighted by atomic mass is 10.2. The fraction of sp³-hybridized carbons (Fsp3) is 0.167. The van der Waals surface area contributed by atoms with Crippen LogP contribution in [0.15, 0.2) is 53.4 Å². The van der Waals surface area contributed by atoms with Crippen molar-refractivity contribution in [3.05, 3.63) is 60.2 Å². The number of aryl methyl sites for hydroxylation is 1. The lowest BCUT2D eigenvalue weighted by molar-refractivity contribution is 0.422. The molecule has 0 saturated carbocycles. The summed E-state index contributed by atoms with van der Waals surface area (Å²) in [5.74, 6) is 0.518. The van der Waals surface area contributed by atoms with E-state index in [1.165, 1.54) is 6.26 Å². The predicted molar refractivity (Wildman–Crippen MR) is 96.1 cm³/mol. The van der Waals surface area contributed by atoms with Crippen LogP contribution in [-0.2, 0) is 0 Å². The standard InChI is InChI=1S/C18H17N7O/c1-11-10-17(24-23-11)12(2)20-18-19-8-6-15(22-18)13-4-3-5-14(21-13)16-7-9-26-25-16/h3-10,12H,1-2H3,(H,23,24)(H,19,20,22). The number of aromatic amines is 1. The van der Waals surface area contributed by atoms with Gasteiger partial charge in [0.05, 0.1) is 28.8 Å². The van der Waals surface area contributed by atoms with E-state index >= 15 is 0 Å². The first-order valence-corrected chi connectivity index (χ1v) is 8.19. The maximum atomic E-state index is 4.89. The molecule has 2 N–H and O–H groups in total. The Morgan fingerprint density at radius 1 is 1.04 bits per heavy atom. The topological polar surface area (TPSA) is 105 Å². The summed E-state index contributed by atoms with van der Waals surface area (Å²) in [5, 5.41) is 14.4. The van der Waals surface area contributed by atoms with E-state index in [0.717, 1.165) is 28.5 Å². The van der Waals surface area contributed by atoms with Gasteiger partial charge in [-0.2, -0.15) is 5.10 Å². The lowest BCUT2D eigenvalue weighted by Crippen LogP contribution is -2.10. The molecule has 0 amide bonds. The fourth-order valence-corrected chi connectivity index (χ4v) is 2.56. The molecule has 0 aliphatic rings. The van der Waals surface area contributed by atoms with E-state index in [2.05, 4.69) is 35.6 Å². The highest BCUT2D eigenvalue weighted by atomic mass is 16.5. The second-order valence-corrected chi connectivity index (χ2v) is 5.90. The monoisotopic (exact) mass is 347 g/mol. The van der Waals surface area contributed by atoms with Crippen LogP contribution in [0.25, 0.3) is 22.8 Å². The first-order chi connectivity index (χ1) is 12.7. The Morgan fingerprint density at radius 2 is 1.85 bits per heavy atom. The van der Waals surface area contributed by atoms with Crippen molar-refractivity contribution in [2.75, 3.05) is 5.32 Å². The van der Waals surface area contributed by atoms with Gasteiger partial charge >= 0.3 is 0 Å². The Bertz CT molecular complexity index is 1010. The Morgan fingerprint density at radius 3 is 2.58 bits per heavy atom. The van der Waals surface area contributed by atoms with E-state index in [-0.39, 0.29) is 6.04 Å². The molecule has 0 aliphatic heterocycles. The molecule has 0 spiro atoms. The molecule has 0 aromatic carbocycles. The van der Waals surface area contributed by atoms with Crippen molar-refractivity contribution in [3.63, 3.8) is 0 Å². The van der Waals surface area contributed by atoms with Gasteiger partial charge in [0.25, 0.3) is 0 Å². The number of hydrogen-bond acceptors (Lipinski definition) is 7. The first kappa shape index (κ1) is 15.9. The third-order valence-electron chi connectivity index (χ3n) is 3.88. The average Bonchev–Trinajstić information content (AvgIpc) is 3.34. The van der Waals surface area contributed by atoms with E-state index in [0.29, 0.717) is 11.6 Å². The number of rotatable bonds is 5. The molecule has 0 bridgehead atoms. The smallest absolute Gasteiger partial charge is 0.223 e. The van der Waals surface area contributed by atoms with Crippen LogP contribution in [0.2, 0.25) is 0 Å². The van der Waals surface area contributed by atoms with Gasteiger partial charge in [-0.1, -0.05) is 11.2 Å². The van der Waals surface area contributed by atoms with Crippen LogP contribution < -0.4 is 5.32 Å². The van der Waals surface area contributed by atoms with E-state index in [4.69, 9.17) is 4.52 Å². The summed E-state index contributed by atoms with van der Waals surface area (Å²) in [6.45, 7) is 3.98. The maximum absolute atomic E-state index is 4.89. The van der Waals surface area contributed by atoms with Crippen LogP contribution in [0.5, 0.6) is 0 Å². The van der Waals surface area contributed by atoms with Crippen molar-refractivity contribution in [2.45, 2.75) is 19.9 Å². The minimum absolute atomic E-state index is 0.0235. The third kappa shape index (κ3) is 3.30. The van der Waals surface area contributed by atoms with Gasteiger partial charge in [0.2, 0.25) is 5.95 Å². The van der Waals surface area contributed by atoms with Crippen molar-refractivity contribution in [3.8, 4) is 22.8 Å². The zero-order valence-corrected chi connectivity index (χ0v) is 14.3. The molecule has 130 valence electrons. The second-order valence-electron chi connectivity index (χ2n) is 5.90. The van der Waals surface area contributed by atoms with Crippen LogP contribution in [0.1, 0.15) is 24.4 Å². The van der Waals surface area contributed by atoms with Gasteiger partial charge in [0.15, 0.2) is 0 Å². The SMILES string of the molecule is Cc1cc(C(C)Nc2nccc(-c3cccc(-c4ccon4)n3)n2)n[nH]1. The maximum Gasteiger partial charge on any atom is 0.223 e. The van der Waals surface area contributed by atoms with Crippen molar-refractivity contribution >= 4 is 5.95 Å². The molecular weight excluding hydrogens is 330 g/mol. The summed E-state index contributed by atoms with van der Waals surface area (Å²) >= 11 is 0. The van der Waals surface area contributed by atoms with Crippen LogP contribution in [-0.4, -0.2) is 30.3 Å². The summed E-state index contributed by atoms with van der Waals surface area (Å²) in [7, 11) is 0. The molecule has 4 aromatic rings. The number of hydrogen-bond donors (Lipinski definition) is 2. The Kier molecular flexibility index (Phi) is 4.14. The molecular formula is C18H17N7O. The van der Waals surface area contributed by atoms with E-state index < -0.39 is 0 Å². The molecule has 0 aliphatic carbocycles. The highest BCUT2D eigenvalue weighted by molar-refractivity contribution is 5.61. The summed E-state index contributed by atoms with van der Waals surface area (Å²) in [4.78, 5) is 13.5. The molecule has 8 heteroatoms. The Balaban J connectivity index is 1.59. The van der Waals surface area contributed by atoms with Crippen molar-refractivity contribution in [2.24, 2.45) is 0 Å². The quantitative estimate of drug-likeness (QED) is 0.570. The largest absolute Gasteiger partial charge is 0.364 e. The molecule has 1 atom stereocenters. The summed E-state index contributed by atoms with van der Waals surface area (Å²) in [5.41, 5.74) is 4.78. The highest BCUT2D eigenvalue weighted by Gasteiger charge is 2.12. The number of nitrogens with one attached hydrogen (secondary N) is 2. The third-order valence-corrected chi connectivity index (χ3v) is 3.88. The van der Waals surface area contributed by atoms with Crippen LogP contribution >= 0.6 is 0 Å². The number of nitrogens with zero attached hydrogens (tertiary/aromatic N) is 5. The summed E-state index contributed by atoms with van der Waals surface area (Å²) in [6.07, 6.45) is 3.23. The van der Waals surface area contributed by atoms with Crippen molar-refractivity contribution in [1.29, 1.82) is 0 Å². The second kappa shape index (κ2) is 6.75. The molecule has 4 aromatic heterocycles. The zero-order chi connectivity index (χ0) is 17.9. The number of aromatic nitrogens is 6. The predicted octanol–water partition coefficient (Wildman–Crippen LogP) is 3.40. The molecule has 0 radical (unpaired) electrons. The van der Waals surface area contributed by atoms with Crippen molar-refractivity contribution < 1.29 is 4.52 Å². The molecule has 1 unspecified atom stereocenters. The van der Waals surface area contributed by atoms with Gasteiger partial charge < -0.3 is 9.84 Å². The Labute approximate surface area is 149 Å². The van der Waals surface area contributed by atoms with E-state index in [9.17, 15) is 0 Å². The first-order valence-electron chi connectivity index (χ1n) is 8.19. The lowest BCUT2D eigenvalue weighted by Gasteiger charge is -2.11. The van der Waals surface area contributed by atoms with E-state index in [1.54, 1.807) is 12.3 Å². The number of anilines is 1. The zero-order valence-electron chi connectivity index (χ0n) is 14.3. The molecule has 4 heterocycles. The van der Waals surface area contributed by atoms with Crippen molar-refractivity contribution in [1.82, 2.24) is 30.3 Å². The molecule has 8 nitrogen and oxygen atoms in total. The normalized spacial score (nSPS) is 12.1. The van der Waals surface area contributed by atoms with Gasteiger partial charge in [0, 0.05) is 18.0 Å². The minimum atomic E-state index is -0.0235. The summed E-state index contributed by atoms with van der Waals surface area (Å²) < 4.78 is 4.89. The summed E-state index contributed by atoms with van der Waals surface area (Å²) in [6, 6.07) is 11.3. The highest BCUT2D eigenvalue weighted by Crippen LogP contribution is 2.22. The fourth-order valence-electron chi connectivity index (χ4n) is 2.56. The minimum Gasteiger partial charge on any atom is -0.364 e. The number of pyridine rings is 1. The molecule has 4 rings (SSSR count). The van der Waals surface area contributed by atoms with Gasteiger partial charge in [0.1, 0.15) is 12.0 Å². The molecule has 0 saturated heterocycles. The van der Waals surface area contributed by atoms with Crippen LogP contribution in [0.4, 0.5) is 5.95 Å². The van der Waals surface area contributed by atoms with E-state index in [1.807, 2.05) is 44.2 Å². The van der Waals surface area contributed by atoms with Gasteiger partial charge in [-0.3, -0.25) is 5.10 Å². The Hall–Kier alpha value is -3.55. The van der Waals surface area contributed by atoms with Crippen LogP contribution in [0.3, 0.4) is 0 Å². The van der Waals surface area contributed by atoms with Gasteiger partial charge in [-0.15, -0.1) is 0 Å². The average molecular weight is 347 g/mol. The molecule has 0 fully saturated rings. The van der Waals surface area contributed by atoms with Crippen LogP contribution in [0, 0.1) is 6.92 Å². The molecule has 26 heavy (non-hydrogen) atoms.